The zero-order chi connectivity index (χ0) is 10.2. The fraction of sp³-hybridized carbons (Fsp3) is 0.667. The summed E-state index contributed by atoms with van der Waals surface area (Å²) in [5.74, 6) is 1.62. The molecule has 0 aliphatic heterocycles. The third kappa shape index (κ3) is 1.73. The summed E-state index contributed by atoms with van der Waals surface area (Å²) in [6.07, 6.45) is 2.54. The lowest BCUT2D eigenvalue weighted by molar-refractivity contribution is 0.522. The molecule has 78 valence electrons. The van der Waals surface area contributed by atoms with E-state index in [-0.39, 0.29) is 0 Å². The van der Waals surface area contributed by atoms with Crippen LogP contribution in [-0.4, -0.2) is 6.54 Å². The molecule has 14 heavy (non-hydrogen) atoms. The number of thiophene rings is 1. The first kappa shape index (κ1) is 10.2. The second-order valence-corrected chi connectivity index (χ2v) is 5.72. The average molecular weight is 209 g/mol. The molecule has 1 aliphatic carbocycles. The maximum atomic E-state index is 5.75. The van der Waals surface area contributed by atoms with Crippen molar-refractivity contribution in [2.45, 2.75) is 26.7 Å². The molecule has 2 heteroatoms. The summed E-state index contributed by atoms with van der Waals surface area (Å²) in [6, 6.07) is 2.23. The SMILES string of the molecule is CC1(C)C(CN)C1CCc1ccsc1. The predicted molar refractivity (Wildman–Crippen MR) is 62.5 cm³/mol. The molecule has 1 fully saturated rings. The van der Waals surface area contributed by atoms with Crippen LogP contribution >= 0.6 is 11.3 Å². The maximum Gasteiger partial charge on any atom is -0.00408 e. The first-order valence-corrected chi connectivity index (χ1v) is 6.31. The average Bonchev–Trinajstić information content (AvgIpc) is 2.57. The van der Waals surface area contributed by atoms with E-state index in [9.17, 15) is 0 Å². The lowest BCUT2D eigenvalue weighted by Gasteiger charge is -2.01. The highest BCUT2D eigenvalue weighted by molar-refractivity contribution is 7.07. The summed E-state index contributed by atoms with van der Waals surface area (Å²) in [5.41, 5.74) is 7.75. The molecular weight excluding hydrogens is 190 g/mol. The van der Waals surface area contributed by atoms with E-state index in [1.165, 1.54) is 18.4 Å². The zero-order valence-electron chi connectivity index (χ0n) is 8.99. The summed E-state index contributed by atoms with van der Waals surface area (Å²) in [6.45, 7) is 5.56. The van der Waals surface area contributed by atoms with E-state index in [0.29, 0.717) is 5.41 Å². The summed E-state index contributed by atoms with van der Waals surface area (Å²) >= 11 is 1.79. The fourth-order valence-corrected chi connectivity index (χ4v) is 3.36. The van der Waals surface area contributed by atoms with Gasteiger partial charge in [0, 0.05) is 0 Å². The molecule has 1 aliphatic rings. The third-order valence-corrected chi connectivity index (χ3v) is 4.60. The molecule has 1 saturated carbocycles. The van der Waals surface area contributed by atoms with Gasteiger partial charge in [-0.2, -0.15) is 11.3 Å². The van der Waals surface area contributed by atoms with E-state index in [2.05, 4.69) is 30.7 Å². The van der Waals surface area contributed by atoms with Crippen LogP contribution in [0.25, 0.3) is 0 Å². The van der Waals surface area contributed by atoms with Crippen molar-refractivity contribution in [3.8, 4) is 0 Å². The van der Waals surface area contributed by atoms with Crippen LogP contribution in [0.5, 0.6) is 0 Å². The molecule has 1 heterocycles. The zero-order valence-corrected chi connectivity index (χ0v) is 9.81. The molecule has 0 spiro atoms. The van der Waals surface area contributed by atoms with Gasteiger partial charge in [0.25, 0.3) is 0 Å². The van der Waals surface area contributed by atoms with Crippen molar-refractivity contribution in [3.05, 3.63) is 22.4 Å². The quantitative estimate of drug-likeness (QED) is 0.810. The molecule has 1 aromatic rings. The van der Waals surface area contributed by atoms with Gasteiger partial charge in [-0.05, 0) is 59.0 Å². The highest BCUT2D eigenvalue weighted by Gasteiger charge is 2.55. The molecule has 2 unspecified atom stereocenters. The molecule has 1 nitrogen and oxygen atoms in total. The molecule has 0 bridgehead atoms. The highest BCUT2D eigenvalue weighted by Crippen LogP contribution is 2.59. The van der Waals surface area contributed by atoms with E-state index in [1.54, 1.807) is 11.3 Å². The number of nitrogens with two attached hydrogens (primary N) is 1. The van der Waals surface area contributed by atoms with Gasteiger partial charge in [0.05, 0.1) is 0 Å². The Morgan fingerprint density at radius 3 is 2.71 bits per heavy atom. The molecule has 0 amide bonds. The molecule has 2 N–H and O–H groups in total. The van der Waals surface area contributed by atoms with Gasteiger partial charge in [0.1, 0.15) is 0 Å². The normalized spacial score (nSPS) is 29.1. The summed E-state index contributed by atoms with van der Waals surface area (Å²) in [5, 5.41) is 4.42. The Bertz CT molecular complexity index is 289. The second kappa shape index (κ2) is 3.67. The van der Waals surface area contributed by atoms with Crippen LogP contribution in [-0.2, 0) is 6.42 Å². The maximum absolute atomic E-state index is 5.75. The van der Waals surface area contributed by atoms with Crippen molar-refractivity contribution >= 4 is 11.3 Å². The minimum absolute atomic E-state index is 0.505. The lowest BCUT2D eigenvalue weighted by Crippen LogP contribution is -2.05. The molecule has 2 atom stereocenters. The second-order valence-electron chi connectivity index (χ2n) is 4.94. The number of hydrogen-bond donors (Lipinski definition) is 1. The van der Waals surface area contributed by atoms with Crippen molar-refractivity contribution in [1.29, 1.82) is 0 Å². The van der Waals surface area contributed by atoms with E-state index in [1.807, 2.05) is 0 Å². The Morgan fingerprint density at radius 1 is 1.43 bits per heavy atom. The van der Waals surface area contributed by atoms with Gasteiger partial charge in [-0.1, -0.05) is 13.8 Å². The van der Waals surface area contributed by atoms with Crippen LogP contribution in [0, 0.1) is 17.3 Å². The van der Waals surface area contributed by atoms with Crippen LogP contribution in [0.3, 0.4) is 0 Å². The molecule has 1 aromatic heterocycles. The monoisotopic (exact) mass is 209 g/mol. The molecular formula is C12H19NS. The van der Waals surface area contributed by atoms with Gasteiger partial charge in [0.15, 0.2) is 0 Å². The third-order valence-electron chi connectivity index (χ3n) is 3.87. The van der Waals surface area contributed by atoms with Gasteiger partial charge in [-0.25, -0.2) is 0 Å². The number of hydrogen-bond acceptors (Lipinski definition) is 2. The predicted octanol–water partition coefficient (Wildman–Crippen LogP) is 2.91. The topological polar surface area (TPSA) is 26.0 Å². The van der Waals surface area contributed by atoms with Crippen LogP contribution in [0.4, 0.5) is 0 Å². The summed E-state index contributed by atoms with van der Waals surface area (Å²) < 4.78 is 0. The highest BCUT2D eigenvalue weighted by atomic mass is 32.1. The first-order valence-electron chi connectivity index (χ1n) is 5.37. The molecule has 0 saturated heterocycles. The van der Waals surface area contributed by atoms with Crippen molar-refractivity contribution in [2.75, 3.05) is 6.54 Å². The van der Waals surface area contributed by atoms with Crippen molar-refractivity contribution in [2.24, 2.45) is 23.0 Å². The smallest absolute Gasteiger partial charge is 0.00408 e. The summed E-state index contributed by atoms with van der Waals surface area (Å²) in [7, 11) is 0. The van der Waals surface area contributed by atoms with Crippen molar-refractivity contribution in [3.63, 3.8) is 0 Å². The minimum Gasteiger partial charge on any atom is -0.330 e. The Kier molecular flexibility index (Phi) is 2.67. The number of rotatable bonds is 4. The van der Waals surface area contributed by atoms with Gasteiger partial charge in [0.2, 0.25) is 0 Å². The van der Waals surface area contributed by atoms with Gasteiger partial charge < -0.3 is 5.73 Å². The summed E-state index contributed by atoms with van der Waals surface area (Å²) in [4.78, 5) is 0. The minimum atomic E-state index is 0.505. The van der Waals surface area contributed by atoms with Crippen molar-refractivity contribution in [1.82, 2.24) is 0 Å². The fourth-order valence-electron chi connectivity index (χ4n) is 2.66. The Morgan fingerprint density at radius 2 is 2.21 bits per heavy atom. The Labute approximate surface area is 90.3 Å². The van der Waals surface area contributed by atoms with Crippen molar-refractivity contribution < 1.29 is 0 Å². The first-order chi connectivity index (χ1) is 6.66. The van der Waals surface area contributed by atoms with Gasteiger partial charge >= 0.3 is 0 Å². The van der Waals surface area contributed by atoms with E-state index < -0.39 is 0 Å². The van der Waals surface area contributed by atoms with E-state index in [0.717, 1.165) is 18.4 Å². The number of aryl methyl sites for hydroxylation is 1. The van der Waals surface area contributed by atoms with Crippen LogP contribution in [0.15, 0.2) is 16.8 Å². The van der Waals surface area contributed by atoms with E-state index >= 15 is 0 Å². The van der Waals surface area contributed by atoms with Crippen LogP contribution < -0.4 is 5.73 Å². The largest absolute Gasteiger partial charge is 0.330 e. The Balaban J connectivity index is 1.83. The molecule has 0 radical (unpaired) electrons. The van der Waals surface area contributed by atoms with Crippen LogP contribution in [0.2, 0.25) is 0 Å². The lowest BCUT2D eigenvalue weighted by atomic mass is 10.0. The van der Waals surface area contributed by atoms with E-state index in [4.69, 9.17) is 5.73 Å². The molecule has 0 aromatic carbocycles. The van der Waals surface area contributed by atoms with Gasteiger partial charge in [-0.3, -0.25) is 0 Å². The molecule has 2 rings (SSSR count). The van der Waals surface area contributed by atoms with Gasteiger partial charge in [-0.15, -0.1) is 0 Å². The Hall–Kier alpha value is -0.340. The van der Waals surface area contributed by atoms with Crippen LogP contribution in [0.1, 0.15) is 25.8 Å². The standard InChI is InChI=1S/C12H19NS/c1-12(2)10(11(12)7-13)4-3-9-5-6-14-8-9/h5-6,8,10-11H,3-4,7,13H2,1-2H3.